The van der Waals surface area contributed by atoms with Gasteiger partial charge in [0, 0.05) is 42.5 Å². The molecule has 2 aromatic carbocycles. The van der Waals surface area contributed by atoms with Gasteiger partial charge in [-0.05, 0) is 54.8 Å². The van der Waals surface area contributed by atoms with Crippen molar-refractivity contribution in [3.05, 3.63) is 59.4 Å². The Morgan fingerprint density at radius 2 is 1.88 bits per heavy atom. The van der Waals surface area contributed by atoms with Gasteiger partial charge in [0.25, 0.3) is 0 Å². The quantitative estimate of drug-likeness (QED) is 0.831. The van der Waals surface area contributed by atoms with E-state index in [4.69, 9.17) is 0 Å². The monoisotopic (exact) mass is 373 g/mol. The van der Waals surface area contributed by atoms with E-state index in [0.29, 0.717) is 13.0 Å². The molecule has 1 aliphatic heterocycles. The molecule has 0 radical (unpaired) electrons. The number of nitrogens with one attached hydrogen (secondary N) is 2. The predicted octanol–water partition coefficient (Wildman–Crippen LogP) is 4.05. The lowest BCUT2D eigenvalue weighted by Gasteiger charge is -2.29. The van der Waals surface area contributed by atoms with Gasteiger partial charge < -0.3 is 15.5 Å². The molecule has 26 heavy (non-hydrogen) atoms. The molecule has 2 aromatic rings. The molecular formula is C20H24FN3OS. The van der Waals surface area contributed by atoms with Crippen LogP contribution in [-0.4, -0.2) is 37.2 Å². The Hall–Kier alpha value is -2.21. The van der Waals surface area contributed by atoms with Crippen LogP contribution in [0.4, 0.5) is 20.6 Å². The van der Waals surface area contributed by atoms with Crippen LogP contribution in [0.3, 0.4) is 0 Å². The minimum absolute atomic E-state index is 0.225. The van der Waals surface area contributed by atoms with Crippen LogP contribution in [0, 0.1) is 12.7 Å². The second-order valence-electron chi connectivity index (χ2n) is 6.36. The van der Waals surface area contributed by atoms with Gasteiger partial charge in [0.2, 0.25) is 0 Å². The maximum Gasteiger partial charge on any atom is 0.319 e. The van der Waals surface area contributed by atoms with Gasteiger partial charge in [0.1, 0.15) is 5.82 Å². The summed E-state index contributed by atoms with van der Waals surface area (Å²) in [6.45, 7) is 4.65. The Morgan fingerprint density at radius 3 is 2.58 bits per heavy atom. The van der Waals surface area contributed by atoms with E-state index in [1.165, 1.54) is 17.8 Å². The molecule has 0 aliphatic carbocycles. The summed E-state index contributed by atoms with van der Waals surface area (Å²) in [5.74, 6) is 2.08. The lowest BCUT2D eigenvalue weighted by Crippen LogP contribution is -2.32. The van der Waals surface area contributed by atoms with Crippen molar-refractivity contribution < 1.29 is 9.18 Å². The van der Waals surface area contributed by atoms with E-state index < -0.39 is 0 Å². The van der Waals surface area contributed by atoms with Crippen molar-refractivity contribution >= 4 is 29.2 Å². The Morgan fingerprint density at radius 1 is 1.15 bits per heavy atom. The van der Waals surface area contributed by atoms with Gasteiger partial charge in [-0.25, -0.2) is 9.18 Å². The van der Waals surface area contributed by atoms with Crippen LogP contribution in [0.15, 0.2) is 42.5 Å². The molecule has 138 valence electrons. The van der Waals surface area contributed by atoms with Crippen LogP contribution in [0.2, 0.25) is 0 Å². The molecule has 1 saturated heterocycles. The fourth-order valence-electron chi connectivity index (χ4n) is 2.94. The number of halogens is 1. The second-order valence-corrected chi connectivity index (χ2v) is 7.58. The zero-order chi connectivity index (χ0) is 18.4. The molecule has 2 amide bonds. The second kappa shape index (κ2) is 8.94. The minimum Gasteiger partial charge on any atom is -0.370 e. The number of thioether (sulfide) groups is 1. The first-order chi connectivity index (χ1) is 12.6. The first-order valence-electron chi connectivity index (χ1n) is 8.84. The third-order valence-electron chi connectivity index (χ3n) is 4.45. The van der Waals surface area contributed by atoms with Crippen molar-refractivity contribution in [1.82, 2.24) is 5.32 Å². The molecule has 3 rings (SSSR count). The van der Waals surface area contributed by atoms with Crippen molar-refractivity contribution in [2.75, 3.05) is 41.4 Å². The standard InChI is InChI=1S/C20H24FN3OS/c1-15-14-18(24-10-12-26-13-11-24)6-7-19(15)23-20(25)22-9-8-16-2-4-17(21)5-3-16/h2-7,14H,8-13H2,1H3,(H2,22,23,25). The molecule has 0 aromatic heterocycles. The average Bonchev–Trinajstić information content (AvgIpc) is 2.66. The van der Waals surface area contributed by atoms with E-state index in [1.807, 2.05) is 24.8 Å². The topological polar surface area (TPSA) is 44.4 Å². The van der Waals surface area contributed by atoms with Crippen molar-refractivity contribution in [2.24, 2.45) is 0 Å². The number of hydrogen-bond acceptors (Lipinski definition) is 3. The highest BCUT2D eigenvalue weighted by atomic mass is 32.2. The summed E-state index contributed by atoms with van der Waals surface area (Å²) >= 11 is 1.99. The average molecular weight is 373 g/mol. The third kappa shape index (κ3) is 5.14. The fourth-order valence-corrected chi connectivity index (χ4v) is 3.85. The van der Waals surface area contributed by atoms with E-state index >= 15 is 0 Å². The van der Waals surface area contributed by atoms with Gasteiger partial charge in [-0.15, -0.1) is 0 Å². The number of benzene rings is 2. The number of nitrogens with zero attached hydrogens (tertiary/aromatic N) is 1. The highest BCUT2D eigenvalue weighted by molar-refractivity contribution is 7.99. The fraction of sp³-hybridized carbons (Fsp3) is 0.350. The van der Waals surface area contributed by atoms with Crippen LogP contribution >= 0.6 is 11.8 Å². The molecule has 1 aliphatic rings. The number of carbonyl (C=O) groups excluding carboxylic acids is 1. The largest absolute Gasteiger partial charge is 0.370 e. The SMILES string of the molecule is Cc1cc(N2CCSCC2)ccc1NC(=O)NCCc1ccc(F)cc1. The van der Waals surface area contributed by atoms with Crippen LogP contribution < -0.4 is 15.5 Å². The Balaban J connectivity index is 1.49. The van der Waals surface area contributed by atoms with Crippen LogP contribution in [-0.2, 0) is 6.42 Å². The molecule has 0 saturated carbocycles. The predicted molar refractivity (Wildman–Crippen MR) is 108 cm³/mol. The summed E-state index contributed by atoms with van der Waals surface area (Å²) in [7, 11) is 0. The number of amides is 2. The van der Waals surface area contributed by atoms with Crippen molar-refractivity contribution in [3.63, 3.8) is 0 Å². The van der Waals surface area contributed by atoms with Gasteiger partial charge in [0.15, 0.2) is 0 Å². The molecule has 6 heteroatoms. The zero-order valence-corrected chi connectivity index (χ0v) is 15.7. The normalized spacial score (nSPS) is 14.2. The van der Waals surface area contributed by atoms with Crippen molar-refractivity contribution in [3.8, 4) is 0 Å². The summed E-state index contributed by atoms with van der Waals surface area (Å²) in [5.41, 5.74) is 4.07. The van der Waals surface area contributed by atoms with Crippen LogP contribution in [0.1, 0.15) is 11.1 Å². The molecule has 1 fully saturated rings. The van der Waals surface area contributed by atoms with E-state index in [9.17, 15) is 9.18 Å². The molecule has 0 spiro atoms. The summed E-state index contributed by atoms with van der Waals surface area (Å²) < 4.78 is 12.9. The first kappa shape index (κ1) is 18.6. The maximum atomic E-state index is 12.9. The molecule has 0 bridgehead atoms. The number of carbonyl (C=O) groups is 1. The van der Waals surface area contributed by atoms with Crippen molar-refractivity contribution in [2.45, 2.75) is 13.3 Å². The molecule has 4 nitrogen and oxygen atoms in total. The summed E-state index contributed by atoms with van der Waals surface area (Å²) in [5, 5.41) is 5.75. The lowest BCUT2D eigenvalue weighted by molar-refractivity contribution is 0.252. The van der Waals surface area contributed by atoms with Gasteiger partial charge in [0.05, 0.1) is 0 Å². The first-order valence-corrected chi connectivity index (χ1v) is 10.00. The van der Waals surface area contributed by atoms with Crippen LogP contribution in [0.25, 0.3) is 0 Å². The van der Waals surface area contributed by atoms with Gasteiger partial charge in [-0.1, -0.05) is 12.1 Å². The smallest absolute Gasteiger partial charge is 0.319 e. The van der Waals surface area contributed by atoms with Gasteiger partial charge in [-0.2, -0.15) is 11.8 Å². The highest BCUT2D eigenvalue weighted by Gasteiger charge is 2.12. The molecule has 2 N–H and O–H groups in total. The highest BCUT2D eigenvalue weighted by Crippen LogP contribution is 2.24. The van der Waals surface area contributed by atoms with Crippen molar-refractivity contribution in [1.29, 1.82) is 0 Å². The molecule has 0 atom stereocenters. The molecule has 0 unspecified atom stereocenters. The Labute approximate surface area is 158 Å². The Bertz CT molecular complexity index is 745. The summed E-state index contributed by atoms with van der Waals surface area (Å²) in [6, 6.07) is 12.3. The third-order valence-corrected chi connectivity index (χ3v) is 5.39. The van der Waals surface area contributed by atoms with Crippen LogP contribution in [0.5, 0.6) is 0 Å². The van der Waals surface area contributed by atoms with Gasteiger partial charge in [-0.3, -0.25) is 0 Å². The summed E-state index contributed by atoms with van der Waals surface area (Å²) in [6.07, 6.45) is 0.665. The number of aryl methyl sites for hydroxylation is 1. The maximum absolute atomic E-state index is 12.9. The molecular weight excluding hydrogens is 349 g/mol. The van der Waals surface area contributed by atoms with E-state index in [0.717, 1.165) is 41.4 Å². The lowest BCUT2D eigenvalue weighted by atomic mass is 10.1. The van der Waals surface area contributed by atoms with Gasteiger partial charge >= 0.3 is 6.03 Å². The Kier molecular flexibility index (Phi) is 6.39. The number of hydrogen-bond donors (Lipinski definition) is 2. The number of rotatable bonds is 5. The summed E-state index contributed by atoms with van der Waals surface area (Å²) in [4.78, 5) is 14.5. The molecule has 1 heterocycles. The van der Waals surface area contributed by atoms with E-state index in [-0.39, 0.29) is 11.8 Å². The van der Waals surface area contributed by atoms with E-state index in [2.05, 4.69) is 27.7 Å². The minimum atomic E-state index is -0.248. The number of urea groups is 1. The van der Waals surface area contributed by atoms with E-state index in [1.54, 1.807) is 12.1 Å². The number of anilines is 2. The zero-order valence-electron chi connectivity index (χ0n) is 14.9.